The fourth-order valence-corrected chi connectivity index (χ4v) is 4.43. The van der Waals surface area contributed by atoms with Crippen LogP contribution in [0.2, 0.25) is 0 Å². The van der Waals surface area contributed by atoms with Gasteiger partial charge in [0.2, 0.25) is 11.1 Å². The molecule has 0 saturated carbocycles. The second kappa shape index (κ2) is 8.23. The van der Waals surface area contributed by atoms with E-state index in [2.05, 4.69) is 26.0 Å². The smallest absolute Gasteiger partial charge is 0.325 e. The highest BCUT2D eigenvalue weighted by Gasteiger charge is 2.46. The zero-order valence-electron chi connectivity index (χ0n) is 16.7. The van der Waals surface area contributed by atoms with E-state index in [9.17, 15) is 9.59 Å². The summed E-state index contributed by atoms with van der Waals surface area (Å²) in [4.78, 5) is 30.8. The molecule has 154 valence electrons. The van der Waals surface area contributed by atoms with Crippen LogP contribution in [0, 0.1) is 0 Å². The highest BCUT2D eigenvalue weighted by Crippen LogP contribution is 2.40. The van der Waals surface area contributed by atoms with E-state index in [1.807, 2.05) is 55.6 Å². The van der Waals surface area contributed by atoms with Crippen LogP contribution in [0.4, 0.5) is 5.69 Å². The molecule has 0 radical (unpaired) electrons. The number of aromatic amines is 1. The number of nitrogens with zero attached hydrogens (tertiary/aromatic N) is 3. The molecule has 7 nitrogen and oxygen atoms in total. The van der Waals surface area contributed by atoms with Crippen LogP contribution in [0.15, 0.2) is 56.9 Å². The van der Waals surface area contributed by atoms with E-state index in [4.69, 9.17) is 4.74 Å². The molecule has 0 aliphatic carbocycles. The molecule has 1 aliphatic heterocycles. The van der Waals surface area contributed by atoms with E-state index in [0.29, 0.717) is 34.3 Å². The maximum atomic E-state index is 13.2. The van der Waals surface area contributed by atoms with Crippen molar-refractivity contribution in [3.8, 4) is 17.0 Å². The first kappa shape index (κ1) is 20.6. The number of carbonyl (C=O) groups is 1. The third kappa shape index (κ3) is 3.31. The Labute approximate surface area is 186 Å². The van der Waals surface area contributed by atoms with Crippen molar-refractivity contribution < 1.29 is 14.2 Å². The van der Waals surface area contributed by atoms with E-state index in [0.717, 1.165) is 10.0 Å². The van der Waals surface area contributed by atoms with E-state index < -0.39 is 6.17 Å². The molecule has 0 spiro atoms. The summed E-state index contributed by atoms with van der Waals surface area (Å²) in [5.74, 6) is 0.517. The lowest BCUT2D eigenvalue weighted by Crippen LogP contribution is -2.60. The summed E-state index contributed by atoms with van der Waals surface area (Å²) in [6, 6.07) is 13.0. The molecule has 1 amide bonds. The minimum atomic E-state index is -0.678. The van der Waals surface area contributed by atoms with Gasteiger partial charge in [0.05, 0.1) is 23.9 Å². The van der Waals surface area contributed by atoms with E-state index in [1.54, 1.807) is 16.7 Å². The number of nitrogens with one attached hydrogen (secondary N) is 1. The van der Waals surface area contributed by atoms with Gasteiger partial charge in [-0.2, -0.15) is 0 Å². The van der Waals surface area contributed by atoms with Crippen LogP contribution >= 0.6 is 27.7 Å². The lowest BCUT2D eigenvalue weighted by Gasteiger charge is -2.32. The molecule has 0 bridgehead atoms. The van der Waals surface area contributed by atoms with Crippen LogP contribution in [0.3, 0.4) is 0 Å². The van der Waals surface area contributed by atoms with Crippen LogP contribution < -0.4 is 19.9 Å². The first-order chi connectivity index (χ1) is 14.5. The van der Waals surface area contributed by atoms with Gasteiger partial charge in [0, 0.05) is 16.0 Å². The molecule has 1 aliphatic rings. The molecule has 9 heteroatoms. The number of fused-ring (bicyclic) bond motifs is 3. The number of thioether (sulfide) groups is 1. The van der Waals surface area contributed by atoms with Crippen LogP contribution in [-0.2, 0) is 4.79 Å². The Kier molecular flexibility index (Phi) is 5.66. The number of hydrogen-bond donors (Lipinski definition) is 1. The number of rotatable bonds is 4. The maximum Gasteiger partial charge on any atom is 0.325 e. The highest BCUT2D eigenvalue weighted by molar-refractivity contribution is 9.10. The molecule has 3 aromatic rings. The zero-order chi connectivity index (χ0) is 21.4. The third-order valence-corrected chi connectivity index (χ3v) is 6.06. The predicted molar refractivity (Wildman–Crippen MR) is 119 cm³/mol. The molecular weight excluding hydrogens is 468 g/mol. The quantitative estimate of drug-likeness (QED) is 0.449. The van der Waals surface area contributed by atoms with Crippen LogP contribution in [0.5, 0.6) is 5.75 Å². The summed E-state index contributed by atoms with van der Waals surface area (Å²) in [5, 5.41) is 5.14. The van der Waals surface area contributed by atoms with Crippen molar-refractivity contribution in [1.82, 2.24) is 10.1 Å². The molecule has 30 heavy (non-hydrogen) atoms. The molecule has 0 saturated heterocycles. The Hall–Kier alpha value is -2.65. The summed E-state index contributed by atoms with van der Waals surface area (Å²) < 4.78 is 8.08. The SMILES string of the molecule is CCC(=O)N1c2ccccc2-c2c(=O)[nH]c(SC)n[n+]2[C@H]1c1cc(Br)ccc1OC. The van der Waals surface area contributed by atoms with Gasteiger partial charge in [-0.25, -0.2) is 4.90 Å². The molecule has 1 aromatic heterocycles. The van der Waals surface area contributed by atoms with Gasteiger partial charge in [0.1, 0.15) is 5.75 Å². The van der Waals surface area contributed by atoms with Gasteiger partial charge in [-0.3, -0.25) is 14.6 Å². The zero-order valence-corrected chi connectivity index (χ0v) is 19.1. The monoisotopic (exact) mass is 487 g/mol. The lowest BCUT2D eigenvalue weighted by molar-refractivity contribution is -0.763. The second-order valence-electron chi connectivity index (χ2n) is 6.65. The van der Waals surface area contributed by atoms with Crippen molar-refractivity contribution in [2.24, 2.45) is 0 Å². The fourth-order valence-electron chi connectivity index (χ4n) is 3.69. The van der Waals surface area contributed by atoms with Gasteiger partial charge in [0.15, 0.2) is 0 Å². The minimum Gasteiger partial charge on any atom is -0.496 e. The number of amides is 1. The number of benzene rings is 2. The van der Waals surface area contributed by atoms with Crippen molar-refractivity contribution >= 4 is 39.3 Å². The van der Waals surface area contributed by atoms with Gasteiger partial charge in [0.25, 0.3) is 6.17 Å². The molecule has 0 unspecified atom stereocenters. The summed E-state index contributed by atoms with van der Waals surface area (Å²) >= 11 is 4.85. The number of methoxy groups -OCH3 is 1. The molecule has 0 fully saturated rings. The van der Waals surface area contributed by atoms with Gasteiger partial charge in [-0.15, -0.1) is 0 Å². The number of para-hydroxylation sites is 1. The maximum absolute atomic E-state index is 13.2. The number of H-pyrrole nitrogens is 1. The molecule has 1 N–H and O–H groups in total. The van der Waals surface area contributed by atoms with Gasteiger partial charge >= 0.3 is 11.3 Å². The largest absolute Gasteiger partial charge is 0.496 e. The highest BCUT2D eigenvalue weighted by atomic mass is 79.9. The summed E-state index contributed by atoms with van der Waals surface area (Å²) in [6.45, 7) is 1.82. The number of anilines is 1. The Bertz CT molecular complexity index is 1200. The van der Waals surface area contributed by atoms with Crippen LogP contribution in [0.25, 0.3) is 11.3 Å². The van der Waals surface area contributed by atoms with Gasteiger partial charge < -0.3 is 4.74 Å². The van der Waals surface area contributed by atoms with Crippen molar-refractivity contribution in [2.45, 2.75) is 24.7 Å². The van der Waals surface area contributed by atoms with Crippen molar-refractivity contribution in [2.75, 3.05) is 18.3 Å². The van der Waals surface area contributed by atoms with Crippen LogP contribution in [-0.4, -0.2) is 29.4 Å². The number of carbonyl (C=O) groups excluding carboxylic acids is 1. The average Bonchev–Trinajstić information content (AvgIpc) is 2.77. The van der Waals surface area contributed by atoms with E-state index >= 15 is 0 Å². The third-order valence-electron chi connectivity index (χ3n) is 4.99. The number of halogens is 1. The normalized spacial score (nSPS) is 14.8. The van der Waals surface area contributed by atoms with Gasteiger partial charge in [-0.1, -0.05) is 46.7 Å². The predicted octanol–water partition coefficient (Wildman–Crippen LogP) is 3.52. The minimum absolute atomic E-state index is 0.0830. The van der Waals surface area contributed by atoms with Crippen molar-refractivity contribution in [3.05, 3.63) is 62.9 Å². The first-order valence-corrected chi connectivity index (χ1v) is 11.4. The fraction of sp³-hybridized carbons (Fsp3) is 0.238. The Morgan fingerprint density at radius 1 is 1.33 bits per heavy atom. The molecule has 1 atom stereocenters. The molecule has 4 rings (SSSR count). The average molecular weight is 488 g/mol. The number of ether oxygens (including phenoxy) is 1. The van der Waals surface area contributed by atoms with E-state index in [1.165, 1.54) is 11.8 Å². The summed E-state index contributed by atoms with van der Waals surface area (Å²) in [6.07, 6.45) is 1.46. The lowest BCUT2D eigenvalue weighted by atomic mass is 10.0. The molecule has 2 heterocycles. The topological polar surface area (TPSA) is 79.2 Å². The number of aromatic nitrogens is 3. The Morgan fingerprint density at radius 3 is 2.80 bits per heavy atom. The summed E-state index contributed by atoms with van der Waals surface area (Å²) in [7, 11) is 1.58. The second-order valence-corrected chi connectivity index (χ2v) is 8.36. The Balaban J connectivity index is 2.13. The van der Waals surface area contributed by atoms with Gasteiger partial charge in [-0.05, 0) is 41.3 Å². The summed E-state index contributed by atoms with van der Waals surface area (Å²) in [5.41, 5.74) is 2.19. The standard InChI is InChI=1S/C21H19BrN4O3S/c1-4-17(27)25-15-8-6-5-7-13(15)18-19(28)23-21(30-3)24-26(18)20(25)14-11-12(22)9-10-16(14)29-2/h5-11,20H,4H2,1-3H3/p+1/t20-/m0/s1. The number of hydrogen-bond acceptors (Lipinski definition) is 5. The van der Waals surface area contributed by atoms with Crippen LogP contribution in [0.1, 0.15) is 25.1 Å². The van der Waals surface area contributed by atoms with E-state index in [-0.39, 0.29) is 11.5 Å². The molecular formula is C21H20BrN4O3S+. The Morgan fingerprint density at radius 2 is 2.10 bits per heavy atom. The molecule has 2 aromatic carbocycles. The first-order valence-electron chi connectivity index (χ1n) is 9.35. The van der Waals surface area contributed by atoms with Crippen molar-refractivity contribution in [3.63, 3.8) is 0 Å². The van der Waals surface area contributed by atoms with Crippen molar-refractivity contribution in [1.29, 1.82) is 0 Å².